The third-order valence-electron chi connectivity index (χ3n) is 2.47. The highest BCUT2D eigenvalue weighted by atomic mass is 79.9. The van der Waals surface area contributed by atoms with Crippen molar-refractivity contribution in [3.63, 3.8) is 0 Å². The summed E-state index contributed by atoms with van der Waals surface area (Å²) in [4.78, 5) is 21.4. The van der Waals surface area contributed by atoms with Gasteiger partial charge >= 0.3 is 0 Å². The Bertz CT molecular complexity index is 477. The zero-order valence-corrected chi connectivity index (χ0v) is 11.1. The van der Waals surface area contributed by atoms with E-state index in [-0.39, 0.29) is 27.9 Å². The van der Waals surface area contributed by atoms with E-state index >= 15 is 0 Å². The Morgan fingerprint density at radius 3 is 2.56 bits per heavy atom. The number of aliphatic hydroxyl groups is 2. The Balaban J connectivity index is 3.27. The molecule has 98 valence electrons. The third kappa shape index (κ3) is 3.12. The molecule has 6 nitrogen and oxygen atoms in total. The van der Waals surface area contributed by atoms with Gasteiger partial charge in [-0.2, -0.15) is 0 Å². The number of nitrogens with zero attached hydrogens (tertiary/aromatic N) is 1. The molecule has 2 N–H and O–H groups in total. The van der Waals surface area contributed by atoms with Crippen LogP contribution in [0.3, 0.4) is 0 Å². The van der Waals surface area contributed by atoms with Gasteiger partial charge in [0.05, 0.1) is 16.6 Å². The highest BCUT2D eigenvalue weighted by molar-refractivity contribution is 9.09. The molecule has 2 atom stereocenters. The Hall–Kier alpha value is -1.31. The van der Waals surface area contributed by atoms with Gasteiger partial charge in [-0.3, -0.25) is 14.9 Å². The van der Waals surface area contributed by atoms with Gasteiger partial charge < -0.3 is 10.2 Å². The zero-order chi connectivity index (χ0) is 13.9. The number of ketones is 1. The molecule has 0 spiro atoms. The number of benzene rings is 1. The van der Waals surface area contributed by atoms with Crippen LogP contribution < -0.4 is 0 Å². The molecule has 0 bridgehead atoms. The first-order valence-electron chi connectivity index (χ1n) is 5.09. The van der Waals surface area contributed by atoms with Crippen LogP contribution in [0.4, 0.5) is 5.69 Å². The molecule has 0 aliphatic heterocycles. The van der Waals surface area contributed by atoms with Crippen molar-refractivity contribution in [2.75, 3.05) is 5.33 Å². The fraction of sp³-hybridized carbons (Fsp3) is 0.364. The Labute approximate surface area is 112 Å². The van der Waals surface area contributed by atoms with Gasteiger partial charge in [-0.25, -0.2) is 0 Å². The van der Waals surface area contributed by atoms with Crippen molar-refractivity contribution < 1.29 is 19.9 Å². The topological polar surface area (TPSA) is 101 Å². The van der Waals surface area contributed by atoms with Gasteiger partial charge in [0.15, 0.2) is 5.78 Å². The lowest BCUT2D eigenvalue weighted by Gasteiger charge is -2.16. The average Bonchev–Trinajstić information content (AvgIpc) is 2.35. The van der Waals surface area contributed by atoms with E-state index in [1.165, 1.54) is 19.1 Å². The van der Waals surface area contributed by atoms with E-state index < -0.39 is 17.1 Å². The van der Waals surface area contributed by atoms with Crippen molar-refractivity contribution in [2.24, 2.45) is 0 Å². The van der Waals surface area contributed by atoms with Crippen LogP contribution in [0.15, 0.2) is 18.2 Å². The van der Waals surface area contributed by atoms with E-state index in [1.807, 2.05) is 0 Å². The maximum atomic E-state index is 11.1. The molecule has 0 aliphatic rings. The number of hydrogen-bond acceptors (Lipinski definition) is 5. The predicted molar refractivity (Wildman–Crippen MR) is 67.9 cm³/mol. The minimum absolute atomic E-state index is 0.0167. The molecule has 0 amide bonds. The summed E-state index contributed by atoms with van der Waals surface area (Å²) in [6, 6.07) is 3.77. The van der Waals surface area contributed by atoms with Crippen molar-refractivity contribution in [1.82, 2.24) is 0 Å². The van der Waals surface area contributed by atoms with Crippen molar-refractivity contribution >= 4 is 27.4 Å². The molecule has 0 heterocycles. The lowest BCUT2D eigenvalue weighted by atomic mass is 10.00. The maximum absolute atomic E-state index is 11.1. The molecule has 1 rings (SSSR count). The lowest BCUT2D eigenvalue weighted by molar-refractivity contribution is -0.386. The summed E-state index contributed by atoms with van der Waals surface area (Å²) in [6.45, 7) is 1.29. The molecule has 0 radical (unpaired) electrons. The second-order valence-electron chi connectivity index (χ2n) is 3.75. The van der Waals surface area contributed by atoms with E-state index in [4.69, 9.17) is 0 Å². The first-order valence-corrected chi connectivity index (χ1v) is 6.22. The predicted octanol–water partition coefficient (Wildman–Crippen LogP) is 1.59. The second-order valence-corrected chi connectivity index (χ2v) is 4.40. The molecule has 7 heteroatoms. The first kappa shape index (κ1) is 14.7. The monoisotopic (exact) mass is 317 g/mol. The SMILES string of the molecule is CC(=O)c1ccc(C(O)C(O)CBr)c([N+](=O)[O-])c1. The van der Waals surface area contributed by atoms with Crippen molar-refractivity contribution in [3.8, 4) is 0 Å². The number of alkyl halides is 1. The van der Waals surface area contributed by atoms with Crippen molar-refractivity contribution in [3.05, 3.63) is 39.4 Å². The number of nitro groups is 1. The molecule has 0 saturated carbocycles. The number of rotatable bonds is 5. The van der Waals surface area contributed by atoms with Gasteiger partial charge in [-0.05, 0) is 13.0 Å². The number of Topliss-reactive ketones (excluding diaryl/α,β-unsaturated/α-hetero) is 1. The quantitative estimate of drug-likeness (QED) is 0.371. The van der Waals surface area contributed by atoms with Crippen LogP contribution in [-0.4, -0.2) is 32.4 Å². The van der Waals surface area contributed by atoms with E-state index in [0.29, 0.717) is 0 Å². The summed E-state index contributed by atoms with van der Waals surface area (Å²) in [7, 11) is 0. The van der Waals surface area contributed by atoms with Gasteiger partial charge in [-0.15, -0.1) is 0 Å². The van der Waals surface area contributed by atoms with Crippen LogP contribution in [0.5, 0.6) is 0 Å². The molecule has 0 saturated heterocycles. The van der Waals surface area contributed by atoms with Gasteiger partial charge in [0.2, 0.25) is 0 Å². The number of aliphatic hydroxyl groups excluding tert-OH is 2. The fourth-order valence-corrected chi connectivity index (χ4v) is 1.82. The Morgan fingerprint density at radius 1 is 1.50 bits per heavy atom. The minimum Gasteiger partial charge on any atom is -0.389 e. The van der Waals surface area contributed by atoms with Crippen LogP contribution >= 0.6 is 15.9 Å². The fourth-order valence-electron chi connectivity index (χ4n) is 1.46. The van der Waals surface area contributed by atoms with E-state index in [0.717, 1.165) is 6.07 Å². The molecule has 2 unspecified atom stereocenters. The van der Waals surface area contributed by atoms with Crippen LogP contribution in [0.2, 0.25) is 0 Å². The first-order chi connectivity index (χ1) is 8.38. The van der Waals surface area contributed by atoms with Crippen LogP contribution in [-0.2, 0) is 0 Å². The molecule has 0 aliphatic carbocycles. The van der Waals surface area contributed by atoms with Crippen LogP contribution in [0, 0.1) is 10.1 Å². The molecular formula is C11H12BrNO5. The normalized spacial score (nSPS) is 14.0. The van der Waals surface area contributed by atoms with Gasteiger partial charge in [0.25, 0.3) is 5.69 Å². The standard InChI is InChI=1S/C11H12BrNO5/c1-6(14)7-2-3-8(9(4-7)13(17)18)11(16)10(15)5-12/h2-4,10-11,15-16H,5H2,1H3. The van der Waals surface area contributed by atoms with Gasteiger partial charge in [0, 0.05) is 17.0 Å². The van der Waals surface area contributed by atoms with E-state index in [1.54, 1.807) is 0 Å². The maximum Gasteiger partial charge on any atom is 0.276 e. The highest BCUT2D eigenvalue weighted by Gasteiger charge is 2.26. The van der Waals surface area contributed by atoms with E-state index in [9.17, 15) is 25.1 Å². The Morgan fingerprint density at radius 2 is 2.11 bits per heavy atom. The summed E-state index contributed by atoms with van der Waals surface area (Å²) in [6.07, 6.45) is -2.54. The molecule has 0 fully saturated rings. The molecular weight excluding hydrogens is 306 g/mol. The van der Waals surface area contributed by atoms with Crippen molar-refractivity contribution in [2.45, 2.75) is 19.1 Å². The van der Waals surface area contributed by atoms with Crippen LogP contribution in [0.25, 0.3) is 0 Å². The Kier molecular flexibility index (Phi) is 4.94. The number of carbonyl (C=O) groups is 1. The zero-order valence-electron chi connectivity index (χ0n) is 9.54. The number of nitro benzene ring substituents is 1. The summed E-state index contributed by atoms with van der Waals surface area (Å²) in [5.41, 5.74) is -0.210. The van der Waals surface area contributed by atoms with Gasteiger partial charge in [0.1, 0.15) is 6.10 Å². The van der Waals surface area contributed by atoms with Crippen molar-refractivity contribution in [1.29, 1.82) is 0 Å². The molecule has 1 aromatic rings. The number of hydrogen-bond donors (Lipinski definition) is 2. The minimum atomic E-state index is -1.38. The summed E-state index contributed by atoms with van der Waals surface area (Å²) in [5.74, 6) is -0.305. The number of carbonyl (C=O) groups excluding carboxylic acids is 1. The molecule has 18 heavy (non-hydrogen) atoms. The summed E-state index contributed by atoms with van der Waals surface area (Å²) < 4.78 is 0. The van der Waals surface area contributed by atoms with Crippen LogP contribution in [0.1, 0.15) is 28.9 Å². The third-order valence-corrected chi connectivity index (χ3v) is 3.14. The molecule has 0 aromatic heterocycles. The highest BCUT2D eigenvalue weighted by Crippen LogP contribution is 2.29. The smallest absolute Gasteiger partial charge is 0.276 e. The number of halogens is 1. The summed E-state index contributed by atoms with van der Waals surface area (Å²) in [5, 5.41) is 30.2. The molecule has 1 aromatic carbocycles. The summed E-state index contributed by atoms with van der Waals surface area (Å²) >= 11 is 2.98. The average molecular weight is 318 g/mol. The second kappa shape index (κ2) is 6.03. The van der Waals surface area contributed by atoms with E-state index in [2.05, 4.69) is 15.9 Å². The van der Waals surface area contributed by atoms with Gasteiger partial charge in [-0.1, -0.05) is 22.0 Å². The largest absolute Gasteiger partial charge is 0.389 e. The lowest BCUT2D eigenvalue weighted by Crippen LogP contribution is -2.20.